The van der Waals surface area contributed by atoms with Crippen LogP contribution in [0.25, 0.3) is 0 Å². The summed E-state index contributed by atoms with van der Waals surface area (Å²) in [4.78, 5) is 34.5. The van der Waals surface area contributed by atoms with Crippen LogP contribution < -0.4 is 0 Å². The largest absolute Gasteiger partial charge is 0.463 e. The number of allylic oxidation sites excluding steroid dienone is 1. The fraction of sp³-hybridized carbons (Fsp3) is 0.438. The average Bonchev–Trinajstić information content (AvgIpc) is 2.55. The van der Waals surface area contributed by atoms with Crippen molar-refractivity contribution in [2.45, 2.75) is 33.3 Å². The fourth-order valence-electron chi connectivity index (χ4n) is 1.40. The standard InChI is InChI=1S/C16H22O7/c1-6-13(11(5)15(19)21-8-3)23-16(20)10(4)12(17)9-22-14(18)7-2/h7,12,17H,2,4,6,8-9H2,1,3,5H3. The van der Waals surface area contributed by atoms with E-state index in [0.717, 1.165) is 6.08 Å². The van der Waals surface area contributed by atoms with Gasteiger partial charge in [0, 0.05) is 12.5 Å². The highest BCUT2D eigenvalue weighted by Crippen LogP contribution is 2.15. The summed E-state index contributed by atoms with van der Waals surface area (Å²) in [5.41, 5.74) is -0.146. The van der Waals surface area contributed by atoms with Crippen LogP contribution in [-0.2, 0) is 28.6 Å². The Morgan fingerprint density at radius 3 is 2.26 bits per heavy atom. The van der Waals surface area contributed by atoms with Crippen molar-refractivity contribution in [1.82, 2.24) is 0 Å². The first kappa shape index (κ1) is 20.6. The first-order chi connectivity index (χ1) is 10.8. The first-order valence-electron chi connectivity index (χ1n) is 7.03. The molecule has 1 atom stereocenters. The van der Waals surface area contributed by atoms with Crippen molar-refractivity contribution < 1.29 is 33.7 Å². The Labute approximate surface area is 135 Å². The Bertz CT molecular complexity index is 517. The second-order valence-electron chi connectivity index (χ2n) is 4.39. The molecule has 1 unspecified atom stereocenters. The molecule has 7 nitrogen and oxygen atoms in total. The van der Waals surface area contributed by atoms with Crippen LogP contribution >= 0.6 is 0 Å². The molecule has 128 valence electrons. The molecular weight excluding hydrogens is 304 g/mol. The van der Waals surface area contributed by atoms with Gasteiger partial charge in [-0.05, 0) is 13.8 Å². The quantitative estimate of drug-likeness (QED) is 0.296. The van der Waals surface area contributed by atoms with Crippen LogP contribution in [0, 0.1) is 0 Å². The lowest BCUT2D eigenvalue weighted by atomic mass is 10.1. The van der Waals surface area contributed by atoms with Gasteiger partial charge >= 0.3 is 17.9 Å². The second-order valence-corrected chi connectivity index (χ2v) is 4.39. The van der Waals surface area contributed by atoms with Gasteiger partial charge in [0.2, 0.25) is 0 Å². The summed E-state index contributed by atoms with van der Waals surface area (Å²) in [7, 11) is 0. The number of hydrogen-bond donors (Lipinski definition) is 1. The molecule has 1 N–H and O–H groups in total. The number of aliphatic hydroxyl groups excluding tert-OH is 1. The monoisotopic (exact) mass is 326 g/mol. The zero-order chi connectivity index (χ0) is 18.0. The van der Waals surface area contributed by atoms with Gasteiger partial charge in [-0.25, -0.2) is 14.4 Å². The number of rotatable bonds is 9. The number of aliphatic hydroxyl groups is 1. The third-order valence-electron chi connectivity index (χ3n) is 2.75. The molecule has 0 aromatic carbocycles. The van der Waals surface area contributed by atoms with E-state index in [9.17, 15) is 19.5 Å². The van der Waals surface area contributed by atoms with E-state index in [1.807, 2.05) is 0 Å². The van der Waals surface area contributed by atoms with E-state index >= 15 is 0 Å². The van der Waals surface area contributed by atoms with E-state index in [4.69, 9.17) is 9.47 Å². The van der Waals surface area contributed by atoms with Gasteiger partial charge in [0.25, 0.3) is 0 Å². The van der Waals surface area contributed by atoms with Crippen molar-refractivity contribution >= 4 is 17.9 Å². The molecule has 0 radical (unpaired) electrons. The first-order valence-corrected chi connectivity index (χ1v) is 7.03. The van der Waals surface area contributed by atoms with Crippen molar-refractivity contribution in [3.63, 3.8) is 0 Å². The molecule has 7 heteroatoms. The number of carbonyl (C=O) groups is 3. The number of carbonyl (C=O) groups excluding carboxylic acids is 3. The average molecular weight is 326 g/mol. The summed E-state index contributed by atoms with van der Waals surface area (Å²) < 4.78 is 14.5. The van der Waals surface area contributed by atoms with Gasteiger partial charge in [-0.2, -0.15) is 0 Å². The maximum Gasteiger partial charge on any atom is 0.341 e. The Morgan fingerprint density at radius 2 is 1.78 bits per heavy atom. The third-order valence-corrected chi connectivity index (χ3v) is 2.75. The van der Waals surface area contributed by atoms with Crippen molar-refractivity contribution in [2.24, 2.45) is 0 Å². The Kier molecular flexibility index (Phi) is 9.26. The topological polar surface area (TPSA) is 99.1 Å². The lowest BCUT2D eigenvalue weighted by molar-refractivity contribution is -0.143. The number of hydrogen-bond acceptors (Lipinski definition) is 7. The van der Waals surface area contributed by atoms with Gasteiger partial charge in [0.15, 0.2) is 0 Å². The third kappa shape index (κ3) is 6.92. The number of ether oxygens (including phenoxy) is 3. The Morgan fingerprint density at radius 1 is 1.17 bits per heavy atom. The van der Waals surface area contributed by atoms with E-state index in [2.05, 4.69) is 17.9 Å². The predicted molar refractivity (Wildman–Crippen MR) is 82.0 cm³/mol. The minimum absolute atomic E-state index is 0.116. The van der Waals surface area contributed by atoms with Gasteiger partial charge < -0.3 is 19.3 Å². The van der Waals surface area contributed by atoms with Gasteiger partial charge in [-0.15, -0.1) is 0 Å². The van der Waals surface area contributed by atoms with E-state index in [1.165, 1.54) is 6.92 Å². The molecule has 0 saturated heterocycles. The number of esters is 3. The highest BCUT2D eigenvalue weighted by molar-refractivity contribution is 5.92. The second kappa shape index (κ2) is 10.3. The lowest BCUT2D eigenvalue weighted by Crippen LogP contribution is -2.25. The van der Waals surface area contributed by atoms with Crippen LogP contribution in [0.3, 0.4) is 0 Å². The zero-order valence-corrected chi connectivity index (χ0v) is 13.6. The van der Waals surface area contributed by atoms with E-state index in [-0.39, 0.29) is 29.9 Å². The van der Waals surface area contributed by atoms with E-state index in [1.54, 1.807) is 13.8 Å². The minimum Gasteiger partial charge on any atom is -0.463 e. The maximum absolute atomic E-state index is 11.9. The van der Waals surface area contributed by atoms with Crippen molar-refractivity contribution in [2.75, 3.05) is 13.2 Å². The highest BCUT2D eigenvalue weighted by atomic mass is 16.6. The summed E-state index contributed by atoms with van der Waals surface area (Å²) in [5.74, 6) is -2.14. The molecule has 0 saturated carbocycles. The maximum atomic E-state index is 11.9. The molecule has 0 heterocycles. The van der Waals surface area contributed by atoms with Crippen LogP contribution in [0.5, 0.6) is 0 Å². The summed E-state index contributed by atoms with van der Waals surface area (Å²) in [6.45, 7) is 11.2. The SMILES string of the molecule is C=CC(=O)OCC(O)C(=C)C(=O)OC(CC)=C(C)C(=O)OCC. The molecule has 0 amide bonds. The van der Waals surface area contributed by atoms with Gasteiger partial charge in [0.05, 0.1) is 17.8 Å². The molecule has 0 rings (SSSR count). The molecule has 0 aliphatic carbocycles. The predicted octanol–water partition coefficient (Wildman–Crippen LogP) is 1.42. The zero-order valence-electron chi connectivity index (χ0n) is 13.6. The van der Waals surface area contributed by atoms with Crippen molar-refractivity contribution in [3.05, 3.63) is 36.1 Å². The normalized spacial score (nSPS) is 12.5. The summed E-state index contributed by atoms with van der Waals surface area (Å²) in [5, 5.41) is 9.73. The molecular formula is C16H22O7. The van der Waals surface area contributed by atoms with Crippen molar-refractivity contribution in [1.29, 1.82) is 0 Å². The van der Waals surface area contributed by atoms with E-state index in [0.29, 0.717) is 0 Å². The molecule has 0 aliphatic rings. The van der Waals surface area contributed by atoms with Crippen LogP contribution in [0.4, 0.5) is 0 Å². The van der Waals surface area contributed by atoms with Crippen LogP contribution in [0.15, 0.2) is 36.1 Å². The fourth-order valence-corrected chi connectivity index (χ4v) is 1.40. The van der Waals surface area contributed by atoms with Gasteiger partial charge in [-0.3, -0.25) is 0 Å². The lowest BCUT2D eigenvalue weighted by Gasteiger charge is -2.15. The summed E-state index contributed by atoms with van der Waals surface area (Å²) in [6, 6.07) is 0. The molecule has 0 aromatic heterocycles. The molecule has 0 bridgehead atoms. The smallest absolute Gasteiger partial charge is 0.341 e. The molecule has 0 aromatic rings. The summed E-state index contributed by atoms with van der Waals surface area (Å²) >= 11 is 0. The summed E-state index contributed by atoms with van der Waals surface area (Å²) in [6.07, 6.45) is -0.230. The van der Waals surface area contributed by atoms with Crippen LogP contribution in [-0.4, -0.2) is 42.3 Å². The highest BCUT2D eigenvalue weighted by Gasteiger charge is 2.22. The Balaban J connectivity index is 4.85. The minimum atomic E-state index is -1.42. The van der Waals surface area contributed by atoms with Crippen LogP contribution in [0.2, 0.25) is 0 Å². The molecule has 0 fully saturated rings. The molecule has 0 aliphatic heterocycles. The van der Waals surface area contributed by atoms with Gasteiger partial charge in [-0.1, -0.05) is 20.1 Å². The molecule has 23 heavy (non-hydrogen) atoms. The van der Waals surface area contributed by atoms with E-state index < -0.39 is 30.6 Å². The van der Waals surface area contributed by atoms with Crippen LogP contribution in [0.1, 0.15) is 27.2 Å². The van der Waals surface area contributed by atoms with Gasteiger partial charge in [0.1, 0.15) is 18.5 Å². The molecule has 0 spiro atoms. The van der Waals surface area contributed by atoms with Crippen molar-refractivity contribution in [3.8, 4) is 0 Å². The Hall–Kier alpha value is -2.41.